The van der Waals surface area contributed by atoms with Crippen molar-refractivity contribution in [2.24, 2.45) is 0 Å². The number of carbonyl (C=O) groups is 2. The van der Waals surface area contributed by atoms with Crippen molar-refractivity contribution in [3.8, 4) is 0 Å². The molecule has 92 valence electrons. The van der Waals surface area contributed by atoms with Gasteiger partial charge in [-0.25, -0.2) is 0 Å². The number of aliphatic hydroxyl groups excluding tert-OH is 1. The number of carbonyl (C=O) groups excluding carboxylic acids is 2. The molecule has 1 rings (SSSR count). The molecule has 1 atom stereocenters. The highest BCUT2D eigenvalue weighted by Crippen LogP contribution is 2.17. The zero-order chi connectivity index (χ0) is 13.0. The van der Waals surface area contributed by atoms with E-state index < -0.39 is 6.10 Å². The van der Waals surface area contributed by atoms with Crippen molar-refractivity contribution in [2.45, 2.75) is 19.4 Å². The summed E-state index contributed by atoms with van der Waals surface area (Å²) in [5, 5.41) is 11.8. The van der Waals surface area contributed by atoms with E-state index in [4.69, 9.17) is 0 Å². The Kier molecular flexibility index (Phi) is 4.23. The fourth-order valence-electron chi connectivity index (χ4n) is 1.59. The van der Waals surface area contributed by atoms with Gasteiger partial charge in [-0.2, -0.15) is 0 Å². The van der Waals surface area contributed by atoms with Crippen LogP contribution in [0.1, 0.15) is 13.3 Å². The minimum atomic E-state index is -0.745. The van der Waals surface area contributed by atoms with E-state index in [1.54, 1.807) is 0 Å². The van der Waals surface area contributed by atoms with Gasteiger partial charge in [-0.3, -0.25) is 9.59 Å². The number of nitrogens with one attached hydrogen (secondary N) is 1. The summed E-state index contributed by atoms with van der Waals surface area (Å²) in [6.45, 7) is 8.63. The first-order valence-electron chi connectivity index (χ1n) is 5.27. The zero-order valence-electron chi connectivity index (χ0n) is 9.77. The lowest BCUT2D eigenvalue weighted by molar-refractivity contribution is -0.136. The SMILES string of the molecule is C=CC1=C(C=C)N(C(=O)CC(C)O)CC(=O)N1. The molecule has 0 fully saturated rings. The third-order valence-electron chi connectivity index (χ3n) is 2.31. The van der Waals surface area contributed by atoms with Crippen LogP contribution in [0.4, 0.5) is 0 Å². The van der Waals surface area contributed by atoms with E-state index in [0.29, 0.717) is 11.4 Å². The second-order valence-corrected chi connectivity index (χ2v) is 3.79. The summed E-state index contributed by atoms with van der Waals surface area (Å²) in [6.07, 6.45) is 2.16. The van der Waals surface area contributed by atoms with Crippen molar-refractivity contribution in [3.63, 3.8) is 0 Å². The highest BCUT2D eigenvalue weighted by Gasteiger charge is 2.26. The molecule has 1 heterocycles. The Morgan fingerprint density at radius 2 is 2.24 bits per heavy atom. The molecular formula is C12H16N2O3. The Morgan fingerprint density at radius 1 is 1.59 bits per heavy atom. The van der Waals surface area contributed by atoms with E-state index in [9.17, 15) is 14.7 Å². The van der Waals surface area contributed by atoms with Crippen LogP contribution in [0.15, 0.2) is 36.7 Å². The van der Waals surface area contributed by atoms with E-state index in [-0.39, 0.29) is 24.8 Å². The van der Waals surface area contributed by atoms with Crippen LogP contribution in [-0.2, 0) is 9.59 Å². The standard InChI is InChI=1S/C12H16N2O3/c1-4-9-10(5-2)14(7-11(16)13-9)12(17)6-8(3)15/h4-5,8,15H,1-2,6-7H2,3H3,(H,13,16). The molecule has 5 heteroatoms. The summed E-state index contributed by atoms with van der Waals surface area (Å²) in [7, 11) is 0. The van der Waals surface area contributed by atoms with E-state index in [1.165, 1.54) is 24.0 Å². The molecule has 0 aliphatic carbocycles. The van der Waals surface area contributed by atoms with Gasteiger partial charge in [0.1, 0.15) is 6.54 Å². The van der Waals surface area contributed by atoms with Crippen LogP contribution in [-0.4, -0.2) is 34.5 Å². The highest BCUT2D eigenvalue weighted by molar-refractivity contribution is 5.90. The zero-order valence-corrected chi connectivity index (χ0v) is 9.77. The van der Waals surface area contributed by atoms with Gasteiger partial charge in [-0.05, 0) is 19.1 Å². The van der Waals surface area contributed by atoms with Crippen molar-refractivity contribution in [3.05, 3.63) is 36.7 Å². The van der Waals surface area contributed by atoms with Gasteiger partial charge < -0.3 is 15.3 Å². The largest absolute Gasteiger partial charge is 0.393 e. The molecule has 0 spiro atoms. The van der Waals surface area contributed by atoms with Gasteiger partial charge in [-0.15, -0.1) is 0 Å². The summed E-state index contributed by atoms with van der Waals surface area (Å²) in [6, 6.07) is 0. The molecule has 5 nitrogen and oxygen atoms in total. The van der Waals surface area contributed by atoms with Crippen molar-refractivity contribution in [1.29, 1.82) is 0 Å². The summed E-state index contributed by atoms with van der Waals surface area (Å²) in [5.41, 5.74) is 0.959. The Bertz CT molecular complexity index is 397. The normalized spacial score (nSPS) is 17.5. The number of hydrogen-bond donors (Lipinski definition) is 2. The van der Waals surface area contributed by atoms with Crippen LogP contribution in [0.2, 0.25) is 0 Å². The first kappa shape index (κ1) is 13.2. The van der Waals surface area contributed by atoms with Gasteiger partial charge in [0.15, 0.2) is 0 Å². The van der Waals surface area contributed by atoms with E-state index in [1.807, 2.05) is 0 Å². The summed E-state index contributed by atoms with van der Waals surface area (Å²) >= 11 is 0. The quantitative estimate of drug-likeness (QED) is 0.737. The lowest BCUT2D eigenvalue weighted by Crippen LogP contribution is -2.46. The number of hydrogen-bond acceptors (Lipinski definition) is 3. The van der Waals surface area contributed by atoms with E-state index in [2.05, 4.69) is 18.5 Å². The van der Waals surface area contributed by atoms with Gasteiger partial charge in [0, 0.05) is 0 Å². The molecule has 2 amide bonds. The maximum absolute atomic E-state index is 11.9. The molecule has 0 saturated heterocycles. The van der Waals surface area contributed by atoms with E-state index in [0.717, 1.165) is 0 Å². The smallest absolute Gasteiger partial charge is 0.244 e. The third-order valence-corrected chi connectivity index (χ3v) is 2.31. The number of amides is 2. The maximum Gasteiger partial charge on any atom is 0.244 e. The number of aliphatic hydroxyl groups is 1. The molecule has 1 unspecified atom stereocenters. The highest BCUT2D eigenvalue weighted by atomic mass is 16.3. The first-order chi connectivity index (χ1) is 7.99. The molecular weight excluding hydrogens is 220 g/mol. The molecule has 0 saturated carbocycles. The van der Waals surface area contributed by atoms with Crippen molar-refractivity contribution in [1.82, 2.24) is 10.2 Å². The van der Waals surface area contributed by atoms with Gasteiger partial charge >= 0.3 is 0 Å². The molecule has 0 radical (unpaired) electrons. The van der Waals surface area contributed by atoms with Crippen LogP contribution < -0.4 is 5.32 Å². The second kappa shape index (κ2) is 5.45. The van der Waals surface area contributed by atoms with E-state index >= 15 is 0 Å². The van der Waals surface area contributed by atoms with Crippen LogP contribution in [0.25, 0.3) is 0 Å². The molecule has 0 aromatic rings. The van der Waals surface area contributed by atoms with Crippen LogP contribution in [0.3, 0.4) is 0 Å². The van der Waals surface area contributed by atoms with Gasteiger partial charge in [0.25, 0.3) is 0 Å². The predicted octanol–water partition coefficient (Wildman–Crippen LogP) is 0.299. The minimum absolute atomic E-state index is 0.0327. The second-order valence-electron chi connectivity index (χ2n) is 3.79. The van der Waals surface area contributed by atoms with Gasteiger partial charge in [0.2, 0.25) is 11.8 Å². The Morgan fingerprint density at radius 3 is 2.71 bits per heavy atom. The topological polar surface area (TPSA) is 69.6 Å². The van der Waals surface area contributed by atoms with Crippen LogP contribution in [0, 0.1) is 0 Å². The Labute approximate surface area is 100 Å². The van der Waals surface area contributed by atoms with Gasteiger partial charge in [-0.1, -0.05) is 13.2 Å². The molecule has 1 aliphatic heterocycles. The molecule has 0 bridgehead atoms. The third kappa shape index (κ3) is 3.04. The first-order valence-corrected chi connectivity index (χ1v) is 5.27. The fourth-order valence-corrected chi connectivity index (χ4v) is 1.59. The van der Waals surface area contributed by atoms with Crippen molar-refractivity contribution in [2.75, 3.05) is 6.54 Å². The fraction of sp³-hybridized carbons (Fsp3) is 0.333. The average molecular weight is 236 g/mol. The molecule has 17 heavy (non-hydrogen) atoms. The van der Waals surface area contributed by atoms with Crippen LogP contribution in [0.5, 0.6) is 0 Å². The maximum atomic E-state index is 11.9. The van der Waals surface area contributed by atoms with Crippen molar-refractivity contribution >= 4 is 11.8 Å². The summed E-state index contributed by atoms with van der Waals surface area (Å²) in [5.74, 6) is -0.603. The number of rotatable bonds is 4. The molecule has 0 aromatic carbocycles. The Balaban J connectivity index is 3.03. The molecule has 2 N–H and O–H groups in total. The lowest BCUT2D eigenvalue weighted by atomic mass is 10.1. The predicted molar refractivity (Wildman–Crippen MR) is 63.6 cm³/mol. The summed E-state index contributed by atoms with van der Waals surface area (Å²) < 4.78 is 0. The number of allylic oxidation sites excluding steroid dienone is 2. The molecule has 0 aromatic heterocycles. The van der Waals surface area contributed by atoms with Crippen molar-refractivity contribution < 1.29 is 14.7 Å². The van der Waals surface area contributed by atoms with Gasteiger partial charge in [0.05, 0.1) is 23.9 Å². The molecule has 1 aliphatic rings. The average Bonchev–Trinajstić information content (AvgIpc) is 2.26. The Hall–Kier alpha value is -1.88. The minimum Gasteiger partial charge on any atom is -0.393 e. The summed E-state index contributed by atoms with van der Waals surface area (Å²) in [4.78, 5) is 24.6. The van der Waals surface area contributed by atoms with Crippen LogP contribution >= 0.6 is 0 Å². The monoisotopic (exact) mass is 236 g/mol. The number of nitrogens with zero attached hydrogens (tertiary/aromatic N) is 1. The lowest BCUT2D eigenvalue weighted by Gasteiger charge is -2.29.